The third-order valence-corrected chi connectivity index (χ3v) is 4.99. The number of hydrogen-bond donors (Lipinski definition) is 1. The Morgan fingerprint density at radius 1 is 1.30 bits per heavy atom. The van der Waals surface area contributed by atoms with Gasteiger partial charge in [-0.2, -0.15) is 5.10 Å². The lowest BCUT2D eigenvalue weighted by Crippen LogP contribution is -2.37. The van der Waals surface area contributed by atoms with Crippen molar-refractivity contribution < 1.29 is 0 Å². The molecule has 1 unspecified atom stereocenters. The van der Waals surface area contributed by atoms with E-state index in [4.69, 9.17) is 0 Å². The van der Waals surface area contributed by atoms with E-state index in [0.29, 0.717) is 17.5 Å². The normalized spacial score (nSPS) is 21.1. The molecule has 0 bridgehead atoms. The lowest BCUT2D eigenvalue weighted by Gasteiger charge is -2.36. The Kier molecular flexibility index (Phi) is 4.58. The highest BCUT2D eigenvalue weighted by molar-refractivity contribution is 5.28. The molecule has 1 saturated carbocycles. The second kappa shape index (κ2) is 5.88. The van der Waals surface area contributed by atoms with Crippen molar-refractivity contribution >= 4 is 0 Å². The molecule has 1 aromatic rings. The monoisotopic (exact) mass is 277 g/mol. The van der Waals surface area contributed by atoms with E-state index in [2.05, 4.69) is 56.6 Å². The number of nitrogens with one attached hydrogen (secondary N) is 1. The zero-order chi connectivity index (χ0) is 14.9. The van der Waals surface area contributed by atoms with Gasteiger partial charge in [0.05, 0.1) is 5.69 Å². The van der Waals surface area contributed by atoms with E-state index in [0.717, 1.165) is 6.54 Å². The van der Waals surface area contributed by atoms with Crippen LogP contribution in [0.15, 0.2) is 0 Å². The van der Waals surface area contributed by atoms with E-state index in [-0.39, 0.29) is 0 Å². The fourth-order valence-corrected chi connectivity index (χ4v) is 3.65. The van der Waals surface area contributed by atoms with Gasteiger partial charge in [0.1, 0.15) is 0 Å². The standard InChI is InChI=1S/C17H31N3/c1-7-20-14(4)16(13(3)19-20)12(2)18-15-8-10-17(5,6)11-9-15/h12,15,18H,7-11H2,1-6H3. The third-order valence-electron chi connectivity index (χ3n) is 4.99. The minimum absolute atomic E-state index is 0.404. The molecular weight excluding hydrogens is 246 g/mol. The first kappa shape index (κ1) is 15.6. The van der Waals surface area contributed by atoms with Crippen molar-refractivity contribution in [2.75, 3.05) is 0 Å². The van der Waals surface area contributed by atoms with Crippen LogP contribution in [0.2, 0.25) is 0 Å². The Hall–Kier alpha value is -0.830. The van der Waals surface area contributed by atoms with Crippen LogP contribution in [0, 0.1) is 19.3 Å². The zero-order valence-electron chi connectivity index (χ0n) is 14.1. The summed E-state index contributed by atoms with van der Waals surface area (Å²) in [6, 6.07) is 1.07. The highest BCUT2D eigenvalue weighted by Crippen LogP contribution is 2.36. The molecule has 3 heteroatoms. The summed E-state index contributed by atoms with van der Waals surface area (Å²) in [6.45, 7) is 14.5. The Bertz CT molecular complexity index is 449. The van der Waals surface area contributed by atoms with Crippen molar-refractivity contribution in [3.63, 3.8) is 0 Å². The SMILES string of the molecule is CCn1nc(C)c(C(C)NC2CCC(C)(C)CC2)c1C. The molecule has 1 aliphatic rings. The van der Waals surface area contributed by atoms with E-state index in [1.54, 1.807) is 0 Å². The molecular formula is C17H31N3. The summed E-state index contributed by atoms with van der Waals surface area (Å²) in [4.78, 5) is 0. The molecule has 1 N–H and O–H groups in total. The second-order valence-corrected chi connectivity index (χ2v) is 7.23. The molecule has 1 fully saturated rings. The van der Waals surface area contributed by atoms with E-state index in [1.807, 2.05) is 0 Å². The first-order valence-corrected chi connectivity index (χ1v) is 8.14. The molecule has 2 rings (SSSR count). The maximum atomic E-state index is 4.64. The maximum Gasteiger partial charge on any atom is 0.0644 e. The second-order valence-electron chi connectivity index (χ2n) is 7.23. The predicted molar refractivity (Wildman–Crippen MR) is 85.0 cm³/mol. The highest BCUT2D eigenvalue weighted by atomic mass is 15.3. The van der Waals surface area contributed by atoms with E-state index >= 15 is 0 Å². The Labute approximate surface area is 124 Å². The van der Waals surface area contributed by atoms with Crippen molar-refractivity contribution in [2.24, 2.45) is 5.41 Å². The summed E-state index contributed by atoms with van der Waals surface area (Å²) in [5.74, 6) is 0. The summed E-state index contributed by atoms with van der Waals surface area (Å²) in [5.41, 5.74) is 4.44. The molecule has 0 saturated heterocycles. The van der Waals surface area contributed by atoms with Crippen molar-refractivity contribution in [1.82, 2.24) is 15.1 Å². The van der Waals surface area contributed by atoms with Gasteiger partial charge in [-0.05, 0) is 58.8 Å². The van der Waals surface area contributed by atoms with Gasteiger partial charge >= 0.3 is 0 Å². The van der Waals surface area contributed by atoms with Gasteiger partial charge in [-0.3, -0.25) is 4.68 Å². The lowest BCUT2D eigenvalue weighted by atomic mass is 9.75. The summed E-state index contributed by atoms with van der Waals surface area (Å²) in [6.07, 6.45) is 5.28. The molecule has 0 amide bonds. The molecule has 0 spiro atoms. The van der Waals surface area contributed by atoms with Crippen molar-refractivity contribution in [3.8, 4) is 0 Å². The maximum absolute atomic E-state index is 4.64. The van der Waals surface area contributed by atoms with Crippen LogP contribution >= 0.6 is 0 Å². The van der Waals surface area contributed by atoms with Crippen LogP contribution in [-0.4, -0.2) is 15.8 Å². The quantitative estimate of drug-likeness (QED) is 0.896. The number of nitrogens with zero attached hydrogens (tertiary/aromatic N) is 2. The fraction of sp³-hybridized carbons (Fsp3) is 0.824. The first-order chi connectivity index (χ1) is 9.34. The summed E-state index contributed by atoms with van der Waals surface area (Å²) in [5, 5.41) is 8.48. The molecule has 0 radical (unpaired) electrons. The highest BCUT2D eigenvalue weighted by Gasteiger charge is 2.28. The molecule has 1 heterocycles. The molecule has 114 valence electrons. The Morgan fingerprint density at radius 2 is 1.90 bits per heavy atom. The number of aromatic nitrogens is 2. The molecule has 3 nitrogen and oxygen atoms in total. The van der Waals surface area contributed by atoms with Crippen molar-refractivity contribution in [1.29, 1.82) is 0 Å². The number of rotatable bonds is 4. The van der Waals surface area contributed by atoms with E-state index in [9.17, 15) is 0 Å². The number of hydrogen-bond acceptors (Lipinski definition) is 2. The molecule has 1 aromatic heterocycles. The largest absolute Gasteiger partial charge is 0.307 e. The fourth-order valence-electron chi connectivity index (χ4n) is 3.65. The summed E-state index contributed by atoms with van der Waals surface area (Å²) in [7, 11) is 0. The van der Waals surface area contributed by atoms with Gasteiger partial charge in [0, 0.05) is 29.9 Å². The van der Waals surface area contributed by atoms with Crippen LogP contribution in [0.4, 0.5) is 0 Å². The van der Waals surface area contributed by atoms with Crippen LogP contribution < -0.4 is 5.32 Å². The third kappa shape index (κ3) is 3.25. The Morgan fingerprint density at radius 3 is 2.40 bits per heavy atom. The van der Waals surface area contributed by atoms with Gasteiger partial charge in [-0.15, -0.1) is 0 Å². The predicted octanol–water partition coefficient (Wildman–Crippen LogP) is 4.14. The van der Waals surface area contributed by atoms with Crippen LogP contribution in [0.3, 0.4) is 0 Å². The summed E-state index contributed by atoms with van der Waals surface area (Å²) >= 11 is 0. The van der Waals surface area contributed by atoms with Crippen LogP contribution in [0.1, 0.15) is 76.4 Å². The molecule has 0 aliphatic heterocycles. The van der Waals surface area contributed by atoms with E-state index < -0.39 is 0 Å². The topological polar surface area (TPSA) is 29.9 Å². The van der Waals surface area contributed by atoms with Crippen LogP contribution in [-0.2, 0) is 6.54 Å². The van der Waals surface area contributed by atoms with E-state index in [1.165, 1.54) is 42.6 Å². The molecule has 1 atom stereocenters. The minimum atomic E-state index is 0.404. The summed E-state index contributed by atoms with van der Waals surface area (Å²) < 4.78 is 2.12. The number of aryl methyl sites for hydroxylation is 2. The van der Waals surface area contributed by atoms with Crippen molar-refractivity contribution in [3.05, 3.63) is 17.0 Å². The lowest BCUT2D eigenvalue weighted by molar-refractivity contribution is 0.199. The van der Waals surface area contributed by atoms with Gasteiger partial charge in [-0.25, -0.2) is 0 Å². The van der Waals surface area contributed by atoms with Gasteiger partial charge in [0.15, 0.2) is 0 Å². The Balaban J connectivity index is 2.02. The minimum Gasteiger partial charge on any atom is -0.307 e. The van der Waals surface area contributed by atoms with Gasteiger partial charge in [0.25, 0.3) is 0 Å². The van der Waals surface area contributed by atoms with Gasteiger partial charge in [-0.1, -0.05) is 13.8 Å². The van der Waals surface area contributed by atoms with Crippen LogP contribution in [0.5, 0.6) is 0 Å². The smallest absolute Gasteiger partial charge is 0.0644 e. The van der Waals surface area contributed by atoms with Gasteiger partial charge < -0.3 is 5.32 Å². The van der Waals surface area contributed by atoms with Gasteiger partial charge in [0.2, 0.25) is 0 Å². The van der Waals surface area contributed by atoms with Crippen molar-refractivity contribution in [2.45, 2.75) is 85.9 Å². The molecule has 20 heavy (non-hydrogen) atoms. The molecule has 0 aromatic carbocycles. The average Bonchev–Trinajstić information content (AvgIpc) is 2.67. The zero-order valence-corrected chi connectivity index (χ0v) is 14.1. The average molecular weight is 277 g/mol. The molecule has 1 aliphatic carbocycles. The first-order valence-electron chi connectivity index (χ1n) is 8.14. The van der Waals surface area contributed by atoms with Crippen LogP contribution in [0.25, 0.3) is 0 Å².